The van der Waals surface area contributed by atoms with Gasteiger partial charge in [0.15, 0.2) is 0 Å². The lowest BCUT2D eigenvalue weighted by Crippen LogP contribution is -2.14. The first-order valence-electron chi connectivity index (χ1n) is 5.63. The number of aliphatic imine (C=N–C) groups is 2. The Morgan fingerprint density at radius 3 is 3.19 bits per heavy atom. The molecule has 0 atom stereocenters. The topological polar surface area (TPSA) is 24.7 Å². The lowest BCUT2D eigenvalue weighted by Gasteiger charge is -2.17. The SMILES string of the molecule is [CH2]N=C/C=C\C1=CC[C]2CCCN=C2C=C1. The zero-order valence-corrected chi connectivity index (χ0v) is 9.39. The van der Waals surface area contributed by atoms with Gasteiger partial charge in [0.1, 0.15) is 0 Å². The summed E-state index contributed by atoms with van der Waals surface area (Å²) in [5, 5.41) is 0. The fourth-order valence-electron chi connectivity index (χ4n) is 1.93. The molecule has 0 aromatic carbocycles. The molecule has 0 bridgehead atoms. The molecule has 2 nitrogen and oxygen atoms in total. The fourth-order valence-corrected chi connectivity index (χ4v) is 1.93. The second kappa shape index (κ2) is 5.59. The molecule has 0 saturated heterocycles. The van der Waals surface area contributed by atoms with Gasteiger partial charge < -0.3 is 0 Å². The summed E-state index contributed by atoms with van der Waals surface area (Å²) >= 11 is 0. The predicted molar refractivity (Wildman–Crippen MR) is 69.6 cm³/mol. The molecule has 2 heteroatoms. The summed E-state index contributed by atoms with van der Waals surface area (Å²) in [6, 6.07) is 0. The fraction of sp³-hybridized carbons (Fsp3) is 0.286. The van der Waals surface area contributed by atoms with E-state index >= 15 is 0 Å². The van der Waals surface area contributed by atoms with Crippen molar-refractivity contribution in [2.75, 3.05) is 6.54 Å². The van der Waals surface area contributed by atoms with Crippen molar-refractivity contribution >= 4 is 11.9 Å². The molecule has 0 unspecified atom stereocenters. The summed E-state index contributed by atoms with van der Waals surface area (Å²) in [7, 11) is 3.40. The van der Waals surface area contributed by atoms with Crippen LogP contribution in [-0.4, -0.2) is 18.5 Å². The van der Waals surface area contributed by atoms with Crippen molar-refractivity contribution in [1.29, 1.82) is 0 Å². The van der Waals surface area contributed by atoms with E-state index in [1.807, 2.05) is 12.2 Å². The van der Waals surface area contributed by atoms with Crippen LogP contribution in [0.2, 0.25) is 0 Å². The number of hydrogen-bond donors (Lipinski definition) is 0. The van der Waals surface area contributed by atoms with Crippen molar-refractivity contribution in [2.24, 2.45) is 9.98 Å². The lowest BCUT2D eigenvalue weighted by atomic mass is 9.92. The first kappa shape index (κ1) is 11.1. The minimum absolute atomic E-state index is 0.975. The standard InChI is InChI=1S/C14H16N2/c1-15-10-2-4-12-6-8-13-5-3-11-16-14(13)9-7-12/h2,4,6-7,9-10H,1,3,5,8,11H2/b4-2-,15-10?. The number of rotatable bonds is 2. The molecule has 1 aliphatic carbocycles. The Morgan fingerprint density at radius 1 is 1.38 bits per heavy atom. The van der Waals surface area contributed by atoms with E-state index in [1.54, 1.807) is 6.21 Å². The van der Waals surface area contributed by atoms with Crippen LogP contribution in [-0.2, 0) is 0 Å². The third-order valence-electron chi connectivity index (χ3n) is 2.78. The summed E-state index contributed by atoms with van der Waals surface area (Å²) in [6.45, 7) is 0.975. The van der Waals surface area contributed by atoms with Crippen molar-refractivity contribution in [3.63, 3.8) is 0 Å². The van der Waals surface area contributed by atoms with Gasteiger partial charge in [-0.05, 0) is 37.0 Å². The van der Waals surface area contributed by atoms with Gasteiger partial charge in [0.2, 0.25) is 0 Å². The molecule has 16 heavy (non-hydrogen) atoms. The number of hydrogen-bond acceptors (Lipinski definition) is 2. The maximum Gasteiger partial charge on any atom is 0.0585 e. The molecule has 2 aliphatic rings. The number of fused-ring (bicyclic) bond motifs is 1. The minimum atomic E-state index is 0.975. The van der Waals surface area contributed by atoms with Crippen LogP contribution in [0.5, 0.6) is 0 Å². The molecule has 0 N–H and O–H groups in total. The van der Waals surface area contributed by atoms with E-state index in [1.165, 1.54) is 30.0 Å². The van der Waals surface area contributed by atoms with Crippen molar-refractivity contribution in [2.45, 2.75) is 19.3 Å². The number of nitrogens with zero attached hydrogens (tertiary/aromatic N) is 2. The van der Waals surface area contributed by atoms with Gasteiger partial charge in [-0.2, -0.15) is 0 Å². The Morgan fingerprint density at radius 2 is 2.31 bits per heavy atom. The molecule has 0 amide bonds. The van der Waals surface area contributed by atoms with Crippen molar-refractivity contribution in [1.82, 2.24) is 0 Å². The number of allylic oxidation sites excluding steroid dienone is 6. The smallest absolute Gasteiger partial charge is 0.0585 e. The highest BCUT2D eigenvalue weighted by Crippen LogP contribution is 2.25. The minimum Gasteiger partial charge on any atom is -0.291 e. The first-order valence-corrected chi connectivity index (χ1v) is 5.63. The largest absolute Gasteiger partial charge is 0.291 e. The van der Waals surface area contributed by atoms with Crippen LogP contribution < -0.4 is 0 Å². The average molecular weight is 212 g/mol. The second-order valence-electron chi connectivity index (χ2n) is 3.91. The van der Waals surface area contributed by atoms with Crippen molar-refractivity contribution in [3.8, 4) is 0 Å². The zero-order valence-electron chi connectivity index (χ0n) is 9.39. The van der Waals surface area contributed by atoms with Crippen LogP contribution in [0.4, 0.5) is 0 Å². The van der Waals surface area contributed by atoms with Crippen molar-refractivity contribution in [3.05, 3.63) is 48.9 Å². The Labute approximate surface area is 97.2 Å². The van der Waals surface area contributed by atoms with Gasteiger partial charge >= 0.3 is 0 Å². The summed E-state index contributed by atoms with van der Waals surface area (Å²) in [5.74, 6) is 1.47. The molecule has 1 aliphatic heterocycles. The van der Waals surface area contributed by atoms with E-state index in [2.05, 4.69) is 35.3 Å². The van der Waals surface area contributed by atoms with Gasteiger partial charge in [-0.1, -0.05) is 18.2 Å². The highest BCUT2D eigenvalue weighted by Gasteiger charge is 2.18. The van der Waals surface area contributed by atoms with Crippen LogP contribution in [0.25, 0.3) is 0 Å². The summed E-state index contributed by atoms with van der Waals surface area (Å²) in [5.41, 5.74) is 2.40. The molecular formula is C14H16N2. The van der Waals surface area contributed by atoms with E-state index in [0.717, 1.165) is 13.0 Å². The van der Waals surface area contributed by atoms with Gasteiger partial charge in [-0.3, -0.25) is 9.98 Å². The van der Waals surface area contributed by atoms with E-state index in [4.69, 9.17) is 0 Å². The van der Waals surface area contributed by atoms with E-state index < -0.39 is 0 Å². The lowest BCUT2D eigenvalue weighted by molar-refractivity contribution is 0.742. The molecule has 0 fully saturated rings. The van der Waals surface area contributed by atoms with E-state index in [0.29, 0.717) is 0 Å². The summed E-state index contributed by atoms with van der Waals surface area (Å²) in [6.07, 6.45) is 15.5. The maximum atomic E-state index is 4.54. The van der Waals surface area contributed by atoms with Gasteiger partial charge in [0.25, 0.3) is 0 Å². The summed E-state index contributed by atoms with van der Waals surface area (Å²) < 4.78 is 0. The normalized spacial score (nSPS) is 22.1. The van der Waals surface area contributed by atoms with Gasteiger partial charge in [0, 0.05) is 24.4 Å². The molecule has 0 saturated carbocycles. The maximum absolute atomic E-state index is 4.54. The molecular weight excluding hydrogens is 196 g/mol. The van der Waals surface area contributed by atoms with Crippen molar-refractivity contribution < 1.29 is 0 Å². The second-order valence-corrected chi connectivity index (χ2v) is 3.91. The monoisotopic (exact) mass is 212 g/mol. The average Bonchev–Trinajstić information content (AvgIpc) is 2.53. The van der Waals surface area contributed by atoms with Crippen LogP contribution in [0, 0.1) is 13.0 Å². The first-order chi connectivity index (χ1) is 7.90. The molecule has 2 radical (unpaired) electrons. The molecule has 1 heterocycles. The molecule has 82 valence electrons. The molecule has 0 aromatic heterocycles. The Hall–Kier alpha value is -1.44. The summed E-state index contributed by atoms with van der Waals surface area (Å²) in [4.78, 5) is 8.22. The van der Waals surface area contributed by atoms with Gasteiger partial charge in [-0.15, -0.1) is 0 Å². The molecule has 0 spiro atoms. The predicted octanol–water partition coefficient (Wildman–Crippen LogP) is 3.10. The molecule has 2 rings (SSSR count). The zero-order chi connectivity index (χ0) is 11.2. The van der Waals surface area contributed by atoms with E-state index in [9.17, 15) is 0 Å². The Bertz CT molecular complexity index is 384. The Balaban J connectivity index is 2.10. The van der Waals surface area contributed by atoms with Gasteiger partial charge in [0.05, 0.1) is 7.05 Å². The van der Waals surface area contributed by atoms with Crippen LogP contribution >= 0.6 is 0 Å². The van der Waals surface area contributed by atoms with Crippen LogP contribution in [0.15, 0.2) is 45.9 Å². The third-order valence-corrected chi connectivity index (χ3v) is 2.78. The highest BCUT2D eigenvalue weighted by molar-refractivity contribution is 6.07. The van der Waals surface area contributed by atoms with Gasteiger partial charge in [-0.25, -0.2) is 0 Å². The van der Waals surface area contributed by atoms with Crippen LogP contribution in [0.1, 0.15) is 19.3 Å². The Kier molecular flexibility index (Phi) is 3.86. The highest BCUT2D eigenvalue weighted by atomic mass is 14.8. The third kappa shape index (κ3) is 2.78. The quantitative estimate of drug-likeness (QED) is 0.628. The molecule has 0 aromatic rings. The van der Waals surface area contributed by atoms with Crippen LogP contribution in [0.3, 0.4) is 0 Å². The van der Waals surface area contributed by atoms with E-state index in [-0.39, 0.29) is 0 Å².